The molecule has 0 unspecified atom stereocenters. The Kier molecular flexibility index (Phi) is 13.0. The number of hydrogen-bond donors (Lipinski definition) is 0. The van der Waals surface area contributed by atoms with Gasteiger partial charge in [0.15, 0.2) is 0 Å². The van der Waals surface area contributed by atoms with Crippen molar-refractivity contribution in [1.29, 1.82) is 0 Å². The van der Waals surface area contributed by atoms with Crippen LogP contribution >= 0.6 is 0 Å². The van der Waals surface area contributed by atoms with Crippen molar-refractivity contribution in [2.45, 2.75) is 39.3 Å². The summed E-state index contributed by atoms with van der Waals surface area (Å²) in [7, 11) is -3.14. The van der Waals surface area contributed by atoms with Crippen LogP contribution in [0.15, 0.2) is 279 Å². The molecular weight excluding hydrogens is 997 g/mol. The molecule has 2 nitrogen and oxygen atoms in total. The molecule has 0 atom stereocenters. The summed E-state index contributed by atoms with van der Waals surface area (Å²) in [4.78, 5) is 4.90. The monoisotopic (exact) mass is 1060 g/mol. The fourth-order valence-electron chi connectivity index (χ4n) is 11.8. The maximum Gasteiger partial charge on any atom is 0.0775 e. The summed E-state index contributed by atoms with van der Waals surface area (Å²) < 4.78 is 0. The van der Waals surface area contributed by atoms with E-state index in [2.05, 4.69) is 328 Å². The van der Waals surface area contributed by atoms with Gasteiger partial charge in [0.25, 0.3) is 0 Å². The van der Waals surface area contributed by atoms with Gasteiger partial charge < -0.3 is 9.80 Å². The Bertz CT molecular complexity index is 4100. The number of rotatable bonds is 12. The molecule has 0 radical (unpaired) electrons. The summed E-state index contributed by atoms with van der Waals surface area (Å²) in [6.45, 7) is 14.5. The number of benzene rings is 13. The molecular formula is C76H64N2Si2. The topological polar surface area (TPSA) is 6.48 Å². The lowest BCUT2D eigenvalue weighted by Crippen LogP contribution is -2.37. The van der Waals surface area contributed by atoms with Crippen LogP contribution in [0.25, 0.3) is 87.6 Å². The van der Waals surface area contributed by atoms with Crippen molar-refractivity contribution in [3.05, 3.63) is 279 Å². The van der Waals surface area contributed by atoms with E-state index in [1.807, 2.05) is 0 Å². The minimum absolute atomic E-state index is 1.10. The van der Waals surface area contributed by atoms with E-state index in [0.717, 1.165) is 34.1 Å². The molecule has 4 heteroatoms. The highest BCUT2D eigenvalue weighted by Gasteiger charge is 2.25. The Morgan fingerprint density at radius 1 is 0.212 bits per heavy atom. The third kappa shape index (κ3) is 9.72. The highest BCUT2D eigenvalue weighted by molar-refractivity contribution is 6.89. The summed E-state index contributed by atoms with van der Waals surface area (Å²) in [5.41, 5.74) is 16.2. The van der Waals surface area contributed by atoms with E-state index in [9.17, 15) is 0 Å². The lowest BCUT2D eigenvalue weighted by atomic mass is 9.84. The van der Waals surface area contributed by atoms with E-state index in [4.69, 9.17) is 0 Å². The van der Waals surface area contributed by atoms with Gasteiger partial charge in [-0.2, -0.15) is 0 Å². The average Bonchev–Trinajstić information content (AvgIpc) is 3.56. The first-order valence-corrected chi connectivity index (χ1v) is 35.1. The van der Waals surface area contributed by atoms with Crippen molar-refractivity contribution in [2.24, 2.45) is 0 Å². The lowest BCUT2D eigenvalue weighted by Gasteiger charge is -2.29. The van der Waals surface area contributed by atoms with Gasteiger partial charge in [-0.15, -0.1) is 0 Å². The van der Waals surface area contributed by atoms with Gasteiger partial charge in [-0.05, 0) is 173 Å². The van der Waals surface area contributed by atoms with E-state index in [1.165, 1.54) is 98.0 Å². The Morgan fingerprint density at radius 3 is 0.850 bits per heavy atom. The van der Waals surface area contributed by atoms with E-state index in [0.29, 0.717) is 0 Å². The molecule has 80 heavy (non-hydrogen) atoms. The zero-order valence-corrected chi connectivity index (χ0v) is 48.5. The predicted octanol–water partition coefficient (Wildman–Crippen LogP) is 21.0. The van der Waals surface area contributed by atoms with Gasteiger partial charge in [-0.1, -0.05) is 244 Å². The number of anilines is 6. The molecule has 0 N–H and O–H groups in total. The third-order valence-electron chi connectivity index (χ3n) is 16.1. The van der Waals surface area contributed by atoms with Crippen molar-refractivity contribution in [2.75, 3.05) is 9.80 Å². The molecule has 13 aromatic rings. The zero-order valence-electron chi connectivity index (χ0n) is 46.5. The maximum atomic E-state index is 2.47. The van der Waals surface area contributed by atoms with Crippen LogP contribution in [0.3, 0.4) is 0 Å². The number of nitrogens with zero attached hydrogens (tertiary/aromatic N) is 2. The molecule has 0 heterocycles. The molecule has 0 spiro atoms. The van der Waals surface area contributed by atoms with Crippen LogP contribution in [0.1, 0.15) is 0 Å². The zero-order chi connectivity index (χ0) is 54.5. The second kappa shape index (κ2) is 20.6. The average molecular weight is 1060 g/mol. The predicted molar refractivity (Wildman–Crippen MR) is 354 cm³/mol. The number of fused-ring (bicyclic) bond motifs is 4. The van der Waals surface area contributed by atoms with Gasteiger partial charge in [0.05, 0.1) is 16.1 Å². The van der Waals surface area contributed by atoms with Gasteiger partial charge in [0.1, 0.15) is 0 Å². The van der Waals surface area contributed by atoms with Gasteiger partial charge in [0.2, 0.25) is 0 Å². The molecule has 0 aromatic heterocycles. The molecule has 0 aliphatic carbocycles. The molecule has 13 rings (SSSR count). The largest absolute Gasteiger partial charge is 0.310 e. The highest BCUT2D eigenvalue weighted by atomic mass is 28.3. The van der Waals surface area contributed by atoms with E-state index in [-0.39, 0.29) is 0 Å². The van der Waals surface area contributed by atoms with Crippen LogP contribution in [0, 0.1) is 0 Å². The third-order valence-corrected chi connectivity index (χ3v) is 20.3. The van der Waals surface area contributed by atoms with Crippen LogP contribution in [-0.2, 0) is 0 Å². The first-order chi connectivity index (χ1) is 38.9. The standard InChI is InChI=1S/C76H64N2Si2/c1-79(2,3)69-43-37-65(38-44-69)77(63-33-29-57(30-34-63)53-17-9-7-10-18-53)67-41-47-71-73(51-67)75(61-27-25-55-21-13-15-23-59(55)49-61)72-48-42-68(52-74(72)76(71)62-28-26-56-22-14-16-24-60(56)50-62)78(66-39-45-70(46-40-66)80(4,5)6)64-35-31-58(32-36-64)54-19-11-8-12-20-54/h7-52H,1-6H3. The molecule has 0 fully saturated rings. The fourth-order valence-corrected chi connectivity index (χ4v) is 14.1. The summed E-state index contributed by atoms with van der Waals surface area (Å²) in [5, 5.41) is 12.5. The SMILES string of the molecule is C[Si](C)(C)c1ccc(N(c2ccc(-c3ccccc3)cc2)c2ccc3c(-c4ccc5ccccc5c4)c4cc(N(c5ccc(-c6ccccc6)cc5)c5ccc([Si](C)(C)C)cc5)ccc4c(-c4ccc5ccccc5c4)c3c2)cc1. The van der Waals surface area contributed by atoms with E-state index in [1.54, 1.807) is 0 Å². The maximum absolute atomic E-state index is 2.47. The van der Waals surface area contributed by atoms with Crippen LogP contribution in [0.5, 0.6) is 0 Å². The number of hydrogen-bond acceptors (Lipinski definition) is 2. The molecule has 0 aliphatic heterocycles. The molecule has 386 valence electrons. The molecule has 0 saturated carbocycles. The van der Waals surface area contributed by atoms with Crippen LogP contribution in [-0.4, -0.2) is 16.1 Å². The van der Waals surface area contributed by atoms with Gasteiger partial charge >= 0.3 is 0 Å². The second-order valence-corrected chi connectivity index (χ2v) is 33.6. The Labute approximate surface area is 473 Å². The summed E-state index contributed by atoms with van der Waals surface area (Å²) in [5.74, 6) is 0. The van der Waals surface area contributed by atoms with Gasteiger partial charge in [-0.25, -0.2) is 0 Å². The fraction of sp³-hybridized carbons (Fsp3) is 0.0789. The van der Waals surface area contributed by atoms with E-state index >= 15 is 0 Å². The van der Waals surface area contributed by atoms with Gasteiger partial charge in [0, 0.05) is 34.1 Å². The summed E-state index contributed by atoms with van der Waals surface area (Å²) in [6.07, 6.45) is 0. The van der Waals surface area contributed by atoms with Crippen LogP contribution in [0.2, 0.25) is 39.3 Å². The van der Waals surface area contributed by atoms with Crippen molar-refractivity contribution in [3.8, 4) is 44.5 Å². The summed E-state index contributed by atoms with van der Waals surface area (Å²) in [6, 6.07) is 104. The Balaban J connectivity index is 1.09. The summed E-state index contributed by atoms with van der Waals surface area (Å²) >= 11 is 0. The van der Waals surface area contributed by atoms with E-state index < -0.39 is 16.1 Å². The van der Waals surface area contributed by atoms with Crippen LogP contribution < -0.4 is 20.2 Å². The first kappa shape index (κ1) is 50.4. The molecule has 0 amide bonds. The van der Waals surface area contributed by atoms with Gasteiger partial charge in [-0.3, -0.25) is 0 Å². The highest BCUT2D eigenvalue weighted by Crippen LogP contribution is 2.49. The molecule has 13 aromatic carbocycles. The van der Waals surface area contributed by atoms with Crippen molar-refractivity contribution in [3.63, 3.8) is 0 Å². The normalized spacial score (nSPS) is 11.9. The Hall–Kier alpha value is -9.07. The molecule has 0 bridgehead atoms. The van der Waals surface area contributed by atoms with Crippen molar-refractivity contribution < 1.29 is 0 Å². The quantitative estimate of drug-likeness (QED) is 0.0889. The second-order valence-electron chi connectivity index (χ2n) is 23.4. The van der Waals surface area contributed by atoms with Crippen molar-refractivity contribution in [1.82, 2.24) is 0 Å². The minimum atomic E-state index is -1.57. The van der Waals surface area contributed by atoms with Crippen molar-refractivity contribution >= 4 is 104 Å². The lowest BCUT2D eigenvalue weighted by molar-refractivity contribution is 1.29. The smallest absolute Gasteiger partial charge is 0.0775 e. The molecule has 0 aliphatic rings. The molecule has 0 saturated heterocycles. The Morgan fingerprint density at radius 2 is 0.500 bits per heavy atom. The first-order valence-electron chi connectivity index (χ1n) is 28.1. The van der Waals surface area contributed by atoms with Crippen LogP contribution in [0.4, 0.5) is 34.1 Å². The minimum Gasteiger partial charge on any atom is -0.310 e.